The number of rotatable bonds is 11. The molecule has 18 heteroatoms. The monoisotopic (exact) mass is 986 g/mol. The predicted octanol–water partition coefficient (Wildman–Crippen LogP) is 8.59. The number of aromatic amines is 1. The molecule has 0 radical (unpaired) electrons. The molecule has 7 aliphatic rings. The van der Waals surface area contributed by atoms with Gasteiger partial charge in [0.15, 0.2) is 11.4 Å². The lowest BCUT2D eigenvalue weighted by molar-refractivity contribution is -0.384. The molecule has 5 aliphatic heterocycles. The second-order valence-electron chi connectivity index (χ2n) is 21.7. The lowest BCUT2D eigenvalue weighted by Crippen LogP contribution is -2.66. The second-order valence-corrected chi connectivity index (χ2v) is 23.4. The summed E-state index contributed by atoms with van der Waals surface area (Å²) in [5, 5.41) is 16.8. The highest BCUT2D eigenvalue weighted by atomic mass is 32.2. The highest BCUT2D eigenvalue weighted by Crippen LogP contribution is 2.55. The number of H-pyrrole nitrogens is 1. The van der Waals surface area contributed by atoms with Crippen LogP contribution >= 0.6 is 0 Å². The van der Waals surface area contributed by atoms with Gasteiger partial charge < -0.3 is 39.0 Å². The van der Waals surface area contributed by atoms with Gasteiger partial charge in [-0.25, -0.2) is 13.1 Å². The molecule has 2 aliphatic carbocycles. The standard InChI is InChI=1S/C53H62N8O9S/c1-31(2)37-8-5-6-9-38(37)41-10-7-19-59(41)35-24-53(25-35)29-58(30-53)34-11-12-39(42(21-34)60-44-20-33-15-18-54-49(33)56-51(44)70-47-28-68-27-45(47)60)50(62)57-71(65,66)36-22-43(61(63)64)48-46(23-36)69-26-40(55-48)32-13-16-52(3,67-4)17-14-32/h5-6,8-9,11-12,15,18,20-23,31-32,35,40-41,45,47,55H,7,10,13-14,16-17,19,24-30H2,1-4H3,(H,54,56)(H,57,62)/t32?,40-,41+,45+,47+,52?/m1/s1. The van der Waals surface area contributed by atoms with Gasteiger partial charge in [0.1, 0.15) is 24.0 Å². The molecule has 4 atom stereocenters. The van der Waals surface area contributed by atoms with E-state index >= 15 is 0 Å². The number of aromatic nitrogens is 2. The van der Waals surface area contributed by atoms with Gasteiger partial charge in [0.05, 0.1) is 52.0 Å². The fourth-order valence-electron chi connectivity index (χ4n) is 13.0. The summed E-state index contributed by atoms with van der Waals surface area (Å²) in [5.74, 6) is 0.158. The van der Waals surface area contributed by atoms with Crippen LogP contribution in [-0.2, 0) is 19.5 Å². The van der Waals surface area contributed by atoms with E-state index in [0.29, 0.717) is 54.1 Å². The van der Waals surface area contributed by atoms with Crippen molar-refractivity contribution in [2.75, 3.05) is 61.7 Å². The third kappa shape index (κ3) is 8.05. The van der Waals surface area contributed by atoms with E-state index < -0.39 is 37.5 Å². The van der Waals surface area contributed by atoms with Gasteiger partial charge in [-0.3, -0.25) is 19.8 Å². The molecule has 2 aromatic heterocycles. The highest BCUT2D eigenvalue weighted by molar-refractivity contribution is 7.90. The normalized spacial score (nSPS) is 27.0. The van der Waals surface area contributed by atoms with Crippen LogP contribution in [0, 0.1) is 21.4 Å². The summed E-state index contributed by atoms with van der Waals surface area (Å²) in [4.78, 5) is 41.4. The smallest absolute Gasteiger partial charge is 0.297 e. The van der Waals surface area contributed by atoms with E-state index in [1.165, 1.54) is 30.0 Å². The van der Waals surface area contributed by atoms with Crippen molar-refractivity contribution in [2.24, 2.45) is 11.3 Å². The molecule has 0 bridgehead atoms. The van der Waals surface area contributed by atoms with E-state index in [4.69, 9.17) is 23.9 Å². The number of anilines is 4. The first-order chi connectivity index (χ1) is 34.2. The summed E-state index contributed by atoms with van der Waals surface area (Å²) in [6.07, 6.45) is 9.41. The van der Waals surface area contributed by atoms with Gasteiger partial charge in [0.25, 0.3) is 21.6 Å². The Bertz CT molecular complexity index is 3030. The van der Waals surface area contributed by atoms with Crippen LogP contribution in [0.25, 0.3) is 11.0 Å². The molecule has 71 heavy (non-hydrogen) atoms. The number of ether oxygens (including phenoxy) is 4. The van der Waals surface area contributed by atoms with E-state index in [-0.39, 0.29) is 52.6 Å². The molecule has 7 heterocycles. The Morgan fingerprint density at radius 3 is 2.58 bits per heavy atom. The number of hydrogen-bond acceptors (Lipinski definition) is 14. The third-order valence-electron chi connectivity index (χ3n) is 17.0. The number of nitrogens with zero attached hydrogens (tertiary/aromatic N) is 5. The molecule has 17 nitrogen and oxygen atoms in total. The molecular formula is C53H62N8O9S. The van der Waals surface area contributed by atoms with Gasteiger partial charge in [-0.15, -0.1) is 0 Å². The summed E-state index contributed by atoms with van der Waals surface area (Å²) >= 11 is 0. The molecule has 2 saturated carbocycles. The summed E-state index contributed by atoms with van der Waals surface area (Å²) in [5.41, 5.74) is 5.30. The predicted molar refractivity (Wildman–Crippen MR) is 269 cm³/mol. The van der Waals surface area contributed by atoms with E-state index in [1.54, 1.807) is 19.4 Å². The van der Waals surface area contributed by atoms with Crippen molar-refractivity contribution in [1.82, 2.24) is 19.6 Å². The molecule has 1 amide bonds. The number of carbonyl (C=O) groups is 1. The molecule has 5 aromatic rings. The number of nitro groups is 1. The maximum atomic E-state index is 14.7. The van der Waals surface area contributed by atoms with Crippen LogP contribution in [0.3, 0.4) is 0 Å². The largest absolute Gasteiger partial charge is 0.489 e. The van der Waals surface area contributed by atoms with Crippen LogP contribution in [0.4, 0.5) is 28.4 Å². The van der Waals surface area contributed by atoms with Crippen LogP contribution in [0.5, 0.6) is 11.6 Å². The molecule has 3 saturated heterocycles. The van der Waals surface area contributed by atoms with Crippen LogP contribution in [0.15, 0.2) is 77.8 Å². The van der Waals surface area contributed by atoms with Gasteiger partial charge >= 0.3 is 0 Å². The number of nitrogens with one attached hydrogen (secondary N) is 3. The maximum Gasteiger partial charge on any atom is 0.297 e. The molecule has 5 fully saturated rings. The van der Waals surface area contributed by atoms with Crippen LogP contribution < -0.4 is 29.3 Å². The minimum atomic E-state index is -4.69. The number of amides is 1. The number of sulfonamides is 1. The first-order valence-electron chi connectivity index (χ1n) is 25.3. The van der Waals surface area contributed by atoms with E-state index in [9.17, 15) is 23.3 Å². The fraction of sp³-hybridized carbons (Fsp3) is 0.509. The van der Waals surface area contributed by atoms with Gasteiger partial charge in [0.2, 0.25) is 5.88 Å². The molecule has 1 spiro atoms. The fourth-order valence-corrected chi connectivity index (χ4v) is 14.0. The maximum absolute atomic E-state index is 14.7. The number of likely N-dealkylation sites (tertiary alicyclic amines) is 1. The lowest BCUT2D eigenvalue weighted by atomic mass is 9.60. The lowest BCUT2D eigenvalue weighted by Gasteiger charge is -2.62. The topological polar surface area (TPSA) is 194 Å². The van der Waals surface area contributed by atoms with Crippen molar-refractivity contribution in [3.63, 3.8) is 0 Å². The number of pyridine rings is 1. The summed E-state index contributed by atoms with van der Waals surface area (Å²) in [6.45, 7) is 10.3. The minimum Gasteiger partial charge on any atom is -0.489 e. The van der Waals surface area contributed by atoms with Crippen LogP contribution in [0.1, 0.15) is 106 Å². The number of carbonyl (C=O) groups excluding carboxylic acids is 1. The van der Waals surface area contributed by atoms with Crippen molar-refractivity contribution >= 4 is 55.4 Å². The minimum absolute atomic E-state index is 0.0356. The summed E-state index contributed by atoms with van der Waals surface area (Å²) < 4.78 is 55.2. The highest BCUT2D eigenvalue weighted by Gasteiger charge is 2.55. The molecule has 374 valence electrons. The molecule has 3 N–H and O–H groups in total. The summed E-state index contributed by atoms with van der Waals surface area (Å²) in [7, 11) is -2.97. The SMILES string of the molecule is COC1(C)CCC([C@H]2COc3cc(S(=O)(=O)NC(=O)c4ccc(N5CC6(CC(N7CCC[C@H]7c7ccccc7C(C)C)C6)C5)cc4N4c5cc6cc[nH]c6nc5O[C@H]5COC[C@@H]54)cc([N+](=O)[O-])c3N2)CC1. The zero-order valence-corrected chi connectivity index (χ0v) is 41.5. The Kier molecular flexibility index (Phi) is 11.3. The first-order valence-corrected chi connectivity index (χ1v) is 26.8. The Morgan fingerprint density at radius 1 is 1.00 bits per heavy atom. The number of methoxy groups -OCH3 is 1. The summed E-state index contributed by atoms with van der Waals surface area (Å²) in [6, 6.07) is 21.0. The van der Waals surface area contributed by atoms with E-state index in [0.717, 1.165) is 75.3 Å². The third-order valence-corrected chi connectivity index (χ3v) is 18.3. The molecule has 12 rings (SSSR count). The van der Waals surface area contributed by atoms with E-state index in [2.05, 4.69) is 69.9 Å². The van der Waals surface area contributed by atoms with Crippen molar-refractivity contribution in [3.05, 3.63) is 99.7 Å². The molecule has 0 unspecified atom stereocenters. The Balaban J connectivity index is 0.828. The van der Waals surface area contributed by atoms with Gasteiger partial charge in [-0.05, 0) is 118 Å². The van der Waals surface area contributed by atoms with E-state index in [1.807, 2.05) is 29.2 Å². The number of benzene rings is 3. The first kappa shape index (κ1) is 46.1. The van der Waals surface area contributed by atoms with Crippen molar-refractivity contribution in [2.45, 2.75) is 119 Å². The van der Waals surface area contributed by atoms with Crippen molar-refractivity contribution in [1.29, 1.82) is 0 Å². The van der Waals surface area contributed by atoms with Gasteiger partial charge in [0, 0.05) is 67.1 Å². The zero-order chi connectivity index (χ0) is 49.0. The molecule has 3 aromatic carbocycles. The number of hydrogen-bond donors (Lipinski definition) is 3. The second kappa shape index (κ2) is 17.4. The quantitative estimate of drug-likeness (QED) is 0.0841. The Labute approximate surface area is 413 Å². The van der Waals surface area contributed by atoms with Crippen LogP contribution in [-0.4, -0.2) is 111 Å². The van der Waals surface area contributed by atoms with Crippen molar-refractivity contribution in [3.8, 4) is 11.6 Å². The zero-order valence-electron chi connectivity index (χ0n) is 40.7. The van der Waals surface area contributed by atoms with Gasteiger partial charge in [-0.2, -0.15) is 4.98 Å². The van der Waals surface area contributed by atoms with Crippen LogP contribution in [0.2, 0.25) is 0 Å². The van der Waals surface area contributed by atoms with Crippen molar-refractivity contribution < 1.29 is 37.1 Å². The Morgan fingerprint density at radius 2 is 1.80 bits per heavy atom. The Hall–Kier alpha value is -5.95. The average molecular weight is 987 g/mol. The average Bonchev–Trinajstić information content (AvgIpc) is 4.13. The molecular weight excluding hydrogens is 925 g/mol. The van der Waals surface area contributed by atoms with Gasteiger partial charge in [-0.1, -0.05) is 38.1 Å². The number of nitro benzene ring substituents is 1. The number of fused-ring (bicyclic) bond motifs is 4.